The summed E-state index contributed by atoms with van der Waals surface area (Å²) in [7, 11) is -1.83. The summed E-state index contributed by atoms with van der Waals surface area (Å²) in [6, 6.07) is 3.26. The molecule has 1 saturated carbocycles. The second-order valence-corrected chi connectivity index (χ2v) is 6.87. The molecule has 0 bridgehead atoms. The first kappa shape index (κ1) is 14.3. The Morgan fingerprint density at radius 1 is 1.37 bits per heavy atom. The molecular formula is C13H21N3O2S. The lowest BCUT2D eigenvalue weighted by atomic mass is 9.88. The Morgan fingerprint density at radius 3 is 2.84 bits per heavy atom. The number of hydrogen-bond acceptors (Lipinski definition) is 4. The van der Waals surface area contributed by atoms with Gasteiger partial charge in [0.15, 0.2) is 0 Å². The van der Waals surface area contributed by atoms with E-state index in [0.717, 1.165) is 19.3 Å². The average Bonchev–Trinajstić information content (AvgIpc) is 2.38. The van der Waals surface area contributed by atoms with Crippen LogP contribution in [0.1, 0.15) is 32.6 Å². The molecule has 1 aliphatic carbocycles. The highest BCUT2D eigenvalue weighted by Gasteiger charge is 2.26. The molecule has 2 rings (SSSR count). The van der Waals surface area contributed by atoms with Crippen LogP contribution < -0.4 is 10.0 Å². The largest absolute Gasteiger partial charge is 0.372 e. The van der Waals surface area contributed by atoms with Crippen molar-refractivity contribution in [2.75, 3.05) is 12.4 Å². The van der Waals surface area contributed by atoms with Crippen LogP contribution in [0.25, 0.3) is 0 Å². The fourth-order valence-electron chi connectivity index (χ4n) is 2.62. The second kappa shape index (κ2) is 5.88. The highest BCUT2D eigenvalue weighted by Crippen LogP contribution is 2.25. The van der Waals surface area contributed by atoms with E-state index < -0.39 is 10.0 Å². The predicted octanol–water partition coefficient (Wildman–Crippen LogP) is 1.98. The van der Waals surface area contributed by atoms with Crippen molar-refractivity contribution in [2.45, 2.75) is 43.5 Å². The second-order valence-electron chi connectivity index (χ2n) is 5.19. The van der Waals surface area contributed by atoms with Gasteiger partial charge >= 0.3 is 0 Å². The van der Waals surface area contributed by atoms with E-state index >= 15 is 0 Å². The van der Waals surface area contributed by atoms with Gasteiger partial charge in [0.05, 0.1) is 0 Å². The van der Waals surface area contributed by atoms with E-state index in [2.05, 4.69) is 21.9 Å². The van der Waals surface area contributed by atoms with Crippen LogP contribution in [0, 0.1) is 5.92 Å². The number of hydrogen-bond donors (Lipinski definition) is 2. The van der Waals surface area contributed by atoms with Gasteiger partial charge in [0.1, 0.15) is 10.7 Å². The Bertz CT molecular complexity index is 530. The van der Waals surface area contributed by atoms with Gasteiger partial charge in [-0.25, -0.2) is 18.1 Å². The van der Waals surface area contributed by atoms with Gasteiger partial charge in [-0.2, -0.15) is 0 Å². The predicted molar refractivity (Wildman–Crippen MR) is 75.5 cm³/mol. The minimum Gasteiger partial charge on any atom is -0.372 e. The first-order valence-electron chi connectivity index (χ1n) is 6.68. The number of aromatic nitrogens is 1. The Kier molecular flexibility index (Phi) is 4.42. The fourth-order valence-corrected chi connectivity index (χ4v) is 4.07. The van der Waals surface area contributed by atoms with Crippen LogP contribution in [-0.4, -0.2) is 26.5 Å². The van der Waals surface area contributed by atoms with Crippen LogP contribution in [-0.2, 0) is 10.0 Å². The summed E-state index contributed by atoms with van der Waals surface area (Å²) in [4.78, 5) is 4.26. The molecule has 1 fully saturated rings. The number of pyridine rings is 1. The molecule has 0 aliphatic heterocycles. The Labute approximate surface area is 114 Å². The lowest BCUT2D eigenvalue weighted by Gasteiger charge is -2.27. The van der Waals surface area contributed by atoms with Crippen LogP contribution in [0.15, 0.2) is 23.2 Å². The van der Waals surface area contributed by atoms with Crippen LogP contribution in [0.3, 0.4) is 0 Å². The molecule has 2 N–H and O–H groups in total. The first-order valence-corrected chi connectivity index (χ1v) is 8.16. The molecule has 106 valence electrons. The molecule has 1 heterocycles. The van der Waals surface area contributed by atoms with Crippen LogP contribution in [0.4, 0.5) is 5.82 Å². The molecule has 0 radical (unpaired) electrons. The topological polar surface area (TPSA) is 71.1 Å². The lowest BCUT2D eigenvalue weighted by Crippen LogP contribution is -2.38. The number of sulfonamides is 1. The van der Waals surface area contributed by atoms with Crippen molar-refractivity contribution in [2.24, 2.45) is 5.92 Å². The first-order chi connectivity index (χ1) is 9.03. The molecule has 0 saturated heterocycles. The van der Waals surface area contributed by atoms with Crippen molar-refractivity contribution in [1.82, 2.24) is 9.71 Å². The standard InChI is InChI=1S/C13H21N3O2S/c1-10-5-3-6-11(9-10)16-19(17,18)12-7-4-8-15-13(12)14-2/h4,7-8,10-11,16H,3,5-6,9H2,1-2H3,(H,14,15). The van der Waals surface area contributed by atoms with Gasteiger partial charge in [-0.1, -0.05) is 19.8 Å². The van der Waals surface area contributed by atoms with Crippen molar-refractivity contribution in [3.63, 3.8) is 0 Å². The fraction of sp³-hybridized carbons (Fsp3) is 0.615. The van der Waals surface area contributed by atoms with Crippen molar-refractivity contribution in [3.8, 4) is 0 Å². The highest BCUT2D eigenvalue weighted by atomic mass is 32.2. The average molecular weight is 283 g/mol. The summed E-state index contributed by atoms with van der Waals surface area (Å²) in [6.45, 7) is 2.17. The summed E-state index contributed by atoms with van der Waals surface area (Å²) in [5.74, 6) is 0.970. The normalized spacial score (nSPS) is 24.1. The van der Waals surface area contributed by atoms with E-state index in [9.17, 15) is 8.42 Å². The smallest absolute Gasteiger partial charge is 0.244 e. The third-order valence-electron chi connectivity index (χ3n) is 3.56. The molecule has 0 spiro atoms. The third-order valence-corrected chi connectivity index (χ3v) is 5.11. The van der Waals surface area contributed by atoms with E-state index in [1.54, 1.807) is 25.4 Å². The summed E-state index contributed by atoms with van der Waals surface area (Å²) in [6.07, 6.45) is 5.67. The molecule has 1 aliphatic rings. The summed E-state index contributed by atoms with van der Waals surface area (Å²) in [5.41, 5.74) is 0. The minimum absolute atomic E-state index is 0.0404. The molecule has 5 nitrogen and oxygen atoms in total. The van der Waals surface area contributed by atoms with E-state index in [1.807, 2.05) is 0 Å². The molecule has 1 aromatic heterocycles. The van der Waals surface area contributed by atoms with E-state index in [0.29, 0.717) is 11.7 Å². The molecule has 19 heavy (non-hydrogen) atoms. The molecule has 1 aromatic rings. The third kappa shape index (κ3) is 3.45. The summed E-state index contributed by atoms with van der Waals surface area (Å²) >= 11 is 0. The number of nitrogens with zero attached hydrogens (tertiary/aromatic N) is 1. The van der Waals surface area contributed by atoms with Gasteiger partial charge in [0, 0.05) is 19.3 Å². The summed E-state index contributed by atoms with van der Waals surface area (Å²) < 4.78 is 27.6. The minimum atomic E-state index is -3.50. The molecule has 6 heteroatoms. The van der Waals surface area contributed by atoms with Gasteiger partial charge in [-0.3, -0.25) is 0 Å². The van der Waals surface area contributed by atoms with Gasteiger partial charge in [-0.05, 0) is 30.9 Å². The zero-order valence-corrected chi connectivity index (χ0v) is 12.2. The van der Waals surface area contributed by atoms with Gasteiger partial charge in [0.2, 0.25) is 10.0 Å². The van der Waals surface area contributed by atoms with Crippen molar-refractivity contribution in [1.29, 1.82) is 0 Å². The molecule has 2 unspecified atom stereocenters. The Morgan fingerprint density at radius 2 is 2.16 bits per heavy atom. The van der Waals surface area contributed by atoms with Crippen LogP contribution in [0.5, 0.6) is 0 Å². The highest BCUT2D eigenvalue weighted by molar-refractivity contribution is 7.89. The zero-order valence-electron chi connectivity index (χ0n) is 11.4. The molecule has 0 aromatic carbocycles. The van der Waals surface area contributed by atoms with E-state index in [4.69, 9.17) is 0 Å². The quantitative estimate of drug-likeness (QED) is 0.886. The van der Waals surface area contributed by atoms with Gasteiger partial charge < -0.3 is 5.32 Å². The molecule has 2 atom stereocenters. The van der Waals surface area contributed by atoms with E-state index in [-0.39, 0.29) is 10.9 Å². The van der Waals surface area contributed by atoms with Crippen molar-refractivity contribution >= 4 is 15.8 Å². The maximum Gasteiger partial charge on any atom is 0.244 e. The maximum atomic E-state index is 12.4. The maximum absolute atomic E-state index is 12.4. The Hall–Kier alpha value is -1.14. The van der Waals surface area contributed by atoms with Gasteiger partial charge in [0.25, 0.3) is 0 Å². The Balaban J connectivity index is 2.18. The molecule has 0 amide bonds. The summed E-state index contributed by atoms with van der Waals surface area (Å²) in [5, 5.41) is 2.82. The van der Waals surface area contributed by atoms with Gasteiger partial charge in [-0.15, -0.1) is 0 Å². The van der Waals surface area contributed by atoms with Crippen molar-refractivity contribution in [3.05, 3.63) is 18.3 Å². The molecular weight excluding hydrogens is 262 g/mol. The monoisotopic (exact) mass is 283 g/mol. The number of nitrogens with one attached hydrogen (secondary N) is 2. The SMILES string of the molecule is CNc1ncccc1S(=O)(=O)NC1CCCC(C)C1. The van der Waals surface area contributed by atoms with Crippen LogP contribution >= 0.6 is 0 Å². The zero-order chi connectivity index (χ0) is 13.9. The number of rotatable bonds is 4. The number of anilines is 1. The lowest BCUT2D eigenvalue weighted by molar-refractivity contribution is 0.327. The van der Waals surface area contributed by atoms with Crippen molar-refractivity contribution < 1.29 is 8.42 Å². The van der Waals surface area contributed by atoms with E-state index in [1.165, 1.54) is 6.42 Å². The van der Waals surface area contributed by atoms with Crippen LogP contribution in [0.2, 0.25) is 0 Å².